The lowest BCUT2D eigenvalue weighted by Gasteiger charge is -2.40. The highest BCUT2D eigenvalue weighted by Crippen LogP contribution is 2.42. The van der Waals surface area contributed by atoms with Crippen LogP contribution in [-0.4, -0.2) is 51.8 Å². The fourth-order valence-corrected chi connectivity index (χ4v) is 4.72. The molecule has 0 spiro atoms. The maximum absolute atomic E-state index is 10.5. The van der Waals surface area contributed by atoms with E-state index in [0.29, 0.717) is 18.6 Å². The molecule has 2 atom stereocenters. The van der Waals surface area contributed by atoms with E-state index in [4.69, 9.17) is 0 Å². The van der Waals surface area contributed by atoms with Gasteiger partial charge in [0.1, 0.15) is 0 Å². The van der Waals surface area contributed by atoms with Gasteiger partial charge in [-0.1, -0.05) is 25.5 Å². The van der Waals surface area contributed by atoms with Gasteiger partial charge in [0.05, 0.1) is 12.1 Å². The highest BCUT2D eigenvalue weighted by molar-refractivity contribution is 5.87. The average Bonchev–Trinajstić information content (AvgIpc) is 2.90. The van der Waals surface area contributed by atoms with Crippen LogP contribution in [-0.2, 0) is 13.0 Å². The van der Waals surface area contributed by atoms with Gasteiger partial charge in [-0.05, 0) is 43.9 Å². The summed E-state index contributed by atoms with van der Waals surface area (Å²) in [6, 6.07) is 7.79. The fourth-order valence-electron chi connectivity index (χ4n) is 4.72. The first-order valence-corrected chi connectivity index (χ1v) is 9.81. The Morgan fingerprint density at radius 1 is 1.27 bits per heavy atom. The zero-order valence-electron chi connectivity index (χ0n) is 16.3. The van der Waals surface area contributed by atoms with E-state index in [9.17, 15) is 5.11 Å². The van der Waals surface area contributed by atoms with Gasteiger partial charge in [0.2, 0.25) is 0 Å². The van der Waals surface area contributed by atoms with Crippen molar-refractivity contribution >= 4 is 10.9 Å². The summed E-state index contributed by atoms with van der Waals surface area (Å²) in [5.74, 6) is 0. The lowest BCUT2D eigenvalue weighted by atomic mass is 9.89. The van der Waals surface area contributed by atoms with Crippen molar-refractivity contribution in [1.82, 2.24) is 14.8 Å². The number of hydrogen-bond donors (Lipinski definition) is 2. The number of hydrogen-bond acceptors (Lipinski definition) is 3. The molecule has 2 aliphatic rings. The molecule has 0 radical (unpaired) electrons. The second-order valence-corrected chi connectivity index (χ2v) is 8.16. The number of fused-ring (bicyclic) bond motifs is 3. The van der Waals surface area contributed by atoms with Crippen molar-refractivity contribution in [3.8, 4) is 0 Å². The Morgan fingerprint density at radius 3 is 2.85 bits per heavy atom. The molecule has 1 aliphatic heterocycles. The predicted molar refractivity (Wildman–Crippen MR) is 107 cm³/mol. The summed E-state index contributed by atoms with van der Waals surface area (Å²) >= 11 is 0. The summed E-state index contributed by atoms with van der Waals surface area (Å²) in [6.07, 6.45) is 3.36. The molecular formula is C21H33N3O2. The van der Waals surface area contributed by atoms with E-state index in [-0.39, 0.29) is 11.6 Å². The second kappa shape index (κ2) is 7.69. The van der Waals surface area contributed by atoms with Gasteiger partial charge >= 0.3 is 0 Å². The van der Waals surface area contributed by atoms with Crippen molar-refractivity contribution in [3.63, 3.8) is 0 Å². The van der Waals surface area contributed by atoms with Crippen LogP contribution >= 0.6 is 0 Å². The molecule has 0 saturated carbocycles. The third-order valence-electron chi connectivity index (χ3n) is 5.85. The minimum absolute atomic E-state index is 0. The molecule has 2 aromatic rings. The van der Waals surface area contributed by atoms with E-state index in [1.807, 2.05) is 0 Å². The smallest absolute Gasteiger partial charge is 0.0791 e. The molecule has 144 valence electrons. The highest BCUT2D eigenvalue weighted by atomic mass is 16.3. The molecule has 0 fully saturated rings. The van der Waals surface area contributed by atoms with Crippen molar-refractivity contribution in [1.29, 1.82) is 0 Å². The number of nitrogens with one attached hydrogen (secondary N) is 1. The summed E-state index contributed by atoms with van der Waals surface area (Å²) < 4.78 is 2.56. The quantitative estimate of drug-likeness (QED) is 0.859. The number of nitrogens with zero attached hydrogens (tertiary/aromatic N) is 2. The van der Waals surface area contributed by atoms with Crippen LogP contribution < -0.4 is 5.32 Å². The lowest BCUT2D eigenvalue weighted by Crippen LogP contribution is -2.46. The van der Waals surface area contributed by atoms with Gasteiger partial charge in [0.15, 0.2) is 0 Å². The maximum Gasteiger partial charge on any atom is 0.0791 e. The van der Waals surface area contributed by atoms with E-state index in [2.05, 4.69) is 53.8 Å². The van der Waals surface area contributed by atoms with Crippen LogP contribution in [0.3, 0.4) is 0 Å². The molecule has 1 aromatic heterocycles. The van der Waals surface area contributed by atoms with Gasteiger partial charge in [-0.2, -0.15) is 0 Å². The van der Waals surface area contributed by atoms with E-state index in [0.717, 1.165) is 19.6 Å². The van der Waals surface area contributed by atoms with Gasteiger partial charge in [-0.15, -0.1) is 0 Å². The predicted octanol–water partition coefficient (Wildman–Crippen LogP) is 2.18. The van der Waals surface area contributed by atoms with Crippen LogP contribution in [0.15, 0.2) is 18.2 Å². The normalized spacial score (nSPS) is 20.9. The molecule has 4 rings (SSSR count). The Balaban J connectivity index is 0.00000196. The number of aliphatic hydroxyl groups is 1. The first-order chi connectivity index (χ1) is 12.0. The van der Waals surface area contributed by atoms with Crippen molar-refractivity contribution < 1.29 is 10.6 Å². The first-order valence-electron chi connectivity index (χ1n) is 9.81. The summed E-state index contributed by atoms with van der Waals surface area (Å²) in [5, 5.41) is 15.3. The van der Waals surface area contributed by atoms with Crippen LogP contribution in [0.5, 0.6) is 0 Å². The van der Waals surface area contributed by atoms with Crippen molar-refractivity contribution in [2.24, 2.45) is 0 Å². The summed E-state index contributed by atoms with van der Waals surface area (Å²) in [7, 11) is 0. The number of rotatable bonds is 5. The van der Waals surface area contributed by atoms with Crippen LogP contribution in [0, 0.1) is 6.92 Å². The summed E-state index contributed by atoms with van der Waals surface area (Å²) in [5.41, 5.74) is 5.85. The van der Waals surface area contributed by atoms with Gasteiger partial charge in [-0.25, -0.2) is 0 Å². The number of aliphatic hydroxyl groups excluding tert-OH is 1. The van der Waals surface area contributed by atoms with Gasteiger partial charge in [0, 0.05) is 48.8 Å². The largest absolute Gasteiger partial charge is 0.412 e. The van der Waals surface area contributed by atoms with Crippen molar-refractivity contribution in [3.05, 3.63) is 35.0 Å². The van der Waals surface area contributed by atoms with Gasteiger partial charge in [-0.3, -0.25) is 4.90 Å². The number of benzene rings is 1. The van der Waals surface area contributed by atoms with Crippen molar-refractivity contribution in [2.75, 3.05) is 19.6 Å². The topological polar surface area (TPSA) is 71.9 Å². The minimum Gasteiger partial charge on any atom is -0.412 e. The Labute approximate surface area is 156 Å². The molecule has 0 saturated heterocycles. The van der Waals surface area contributed by atoms with E-state index in [1.54, 1.807) is 5.56 Å². The molecular weight excluding hydrogens is 326 g/mol. The maximum atomic E-state index is 10.5. The molecule has 1 aromatic carbocycles. The van der Waals surface area contributed by atoms with Gasteiger partial charge < -0.3 is 20.5 Å². The highest BCUT2D eigenvalue weighted by Gasteiger charge is 2.35. The Hall–Kier alpha value is -1.40. The van der Waals surface area contributed by atoms with Crippen LogP contribution in [0.25, 0.3) is 10.9 Å². The number of aromatic nitrogens is 1. The molecule has 2 unspecified atom stereocenters. The van der Waals surface area contributed by atoms with Crippen molar-refractivity contribution in [2.45, 2.75) is 64.8 Å². The zero-order valence-corrected chi connectivity index (χ0v) is 16.3. The molecule has 0 amide bonds. The first kappa shape index (κ1) is 19.4. The second-order valence-electron chi connectivity index (χ2n) is 8.16. The Bertz CT molecular complexity index is 768. The minimum atomic E-state index is -0.300. The Morgan fingerprint density at radius 2 is 2.08 bits per heavy atom. The van der Waals surface area contributed by atoms with Crippen LogP contribution in [0.4, 0.5) is 0 Å². The lowest BCUT2D eigenvalue weighted by molar-refractivity contribution is 0.0631. The molecule has 26 heavy (non-hydrogen) atoms. The van der Waals surface area contributed by atoms with Crippen LogP contribution in [0.2, 0.25) is 0 Å². The SMILES string of the molecule is Cc1ccc2c(c1)c1c3n2CCN(CC(O)CNC(C)C)C3CCC1.O. The monoisotopic (exact) mass is 359 g/mol. The van der Waals surface area contributed by atoms with E-state index in [1.165, 1.54) is 41.4 Å². The third kappa shape index (κ3) is 3.41. The summed E-state index contributed by atoms with van der Waals surface area (Å²) in [4.78, 5) is 2.52. The average molecular weight is 360 g/mol. The van der Waals surface area contributed by atoms with E-state index >= 15 is 0 Å². The number of aryl methyl sites for hydroxylation is 2. The zero-order chi connectivity index (χ0) is 17.6. The standard InChI is InChI=1S/C21H31N3O.H2O/c1-14(2)22-12-16(25)13-23-9-10-24-19-8-7-15(3)11-18(19)17-5-4-6-20(23)21(17)24;/h7-8,11,14,16,20,22,25H,4-6,9-10,12-13H2,1-3H3;1H2. The van der Waals surface area contributed by atoms with E-state index < -0.39 is 0 Å². The molecule has 4 N–H and O–H groups in total. The number of β-amino-alcohol motifs (C(OH)–C–C–N with tert-alkyl or cyclic N) is 1. The molecule has 2 heterocycles. The fraction of sp³-hybridized carbons (Fsp3) is 0.619. The molecule has 0 bridgehead atoms. The Kier molecular flexibility index (Phi) is 5.72. The molecule has 5 heteroatoms. The summed E-state index contributed by atoms with van der Waals surface area (Å²) in [6.45, 7) is 9.96. The third-order valence-corrected chi connectivity index (χ3v) is 5.85. The molecule has 5 nitrogen and oxygen atoms in total. The molecule has 1 aliphatic carbocycles. The van der Waals surface area contributed by atoms with Gasteiger partial charge in [0.25, 0.3) is 0 Å². The van der Waals surface area contributed by atoms with Crippen LogP contribution in [0.1, 0.15) is 49.6 Å².